The minimum Gasteiger partial charge on any atom is -0.453 e. The maximum Gasteiger partial charge on any atom is 0.410 e. The van der Waals surface area contributed by atoms with Crippen LogP contribution in [0.15, 0.2) is 12.1 Å². The summed E-state index contributed by atoms with van der Waals surface area (Å²) in [5.41, 5.74) is 1.63. The molecular formula is C29H47B3N6O7. The third kappa shape index (κ3) is 9.15. The Morgan fingerprint density at radius 2 is 1.91 bits per heavy atom. The summed E-state index contributed by atoms with van der Waals surface area (Å²) in [6.45, 7) is 10.8. The van der Waals surface area contributed by atoms with Crippen LogP contribution in [-0.2, 0) is 30.3 Å². The highest BCUT2D eigenvalue weighted by Gasteiger charge is 2.45. The molecule has 244 valence electrons. The van der Waals surface area contributed by atoms with E-state index in [9.17, 15) is 14.4 Å². The van der Waals surface area contributed by atoms with Gasteiger partial charge >= 0.3 is 12.2 Å². The van der Waals surface area contributed by atoms with E-state index in [-0.39, 0.29) is 37.7 Å². The third-order valence-corrected chi connectivity index (χ3v) is 7.68. The molecule has 0 aromatic carbocycles. The first-order chi connectivity index (χ1) is 21.1. The quantitative estimate of drug-likeness (QED) is 0.272. The van der Waals surface area contributed by atoms with E-state index in [0.717, 1.165) is 35.3 Å². The maximum absolute atomic E-state index is 14.3. The van der Waals surface area contributed by atoms with Crippen LogP contribution in [0.25, 0.3) is 11.0 Å². The number of fused-ring (bicyclic) bond motifs is 1. The molecule has 13 nitrogen and oxygen atoms in total. The Hall–Kier alpha value is -3.26. The number of alkyl carbamates (subject to hydrolysis) is 1. The van der Waals surface area contributed by atoms with E-state index >= 15 is 0 Å². The van der Waals surface area contributed by atoms with Gasteiger partial charge in [0.25, 0.3) is 5.91 Å². The van der Waals surface area contributed by atoms with Gasteiger partial charge in [0.05, 0.1) is 44.6 Å². The molecule has 1 aliphatic carbocycles. The van der Waals surface area contributed by atoms with E-state index in [1.165, 1.54) is 7.11 Å². The molecule has 0 radical (unpaired) electrons. The zero-order valence-corrected chi connectivity index (χ0v) is 28.2. The predicted octanol–water partition coefficient (Wildman–Crippen LogP) is 0.0695. The van der Waals surface area contributed by atoms with Crippen LogP contribution in [-0.4, -0.2) is 129 Å². The lowest BCUT2D eigenvalue weighted by atomic mass is 9.52. The highest BCUT2D eigenvalue weighted by atomic mass is 16.6. The van der Waals surface area contributed by atoms with Crippen molar-refractivity contribution in [2.24, 2.45) is 0 Å². The summed E-state index contributed by atoms with van der Waals surface area (Å²) in [5.74, 6) is -0.182. The second kappa shape index (κ2) is 14.0. The molecule has 45 heavy (non-hydrogen) atoms. The molecule has 2 aliphatic rings. The Morgan fingerprint density at radius 1 is 1.20 bits per heavy atom. The second-order valence-electron chi connectivity index (χ2n) is 13.9. The van der Waals surface area contributed by atoms with Gasteiger partial charge in [0.1, 0.15) is 29.1 Å². The lowest BCUT2D eigenvalue weighted by Crippen LogP contribution is -2.59. The van der Waals surface area contributed by atoms with Crippen LogP contribution in [0.4, 0.5) is 9.59 Å². The highest BCUT2D eigenvalue weighted by molar-refractivity contribution is 6.58. The number of nitrogens with zero attached hydrogens (tertiary/aromatic N) is 5. The van der Waals surface area contributed by atoms with Crippen molar-refractivity contribution >= 4 is 52.7 Å². The van der Waals surface area contributed by atoms with Crippen molar-refractivity contribution in [1.29, 1.82) is 0 Å². The number of aryl methyl sites for hydroxylation is 2. The first-order valence-corrected chi connectivity index (χ1v) is 15.8. The fraction of sp³-hybridized carbons (Fsp3) is 0.690. The Labute approximate surface area is 268 Å². The number of rotatable bonds is 11. The number of amides is 3. The molecule has 3 heterocycles. The second-order valence-corrected chi connectivity index (χ2v) is 13.9. The molecular weight excluding hydrogens is 577 g/mol. The van der Waals surface area contributed by atoms with Crippen molar-refractivity contribution in [2.45, 2.75) is 95.6 Å². The molecule has 0 unspecified atom stereocenters. The van der Waals surface area contributed by atoms with Gasteiger partial charge < -0.3 is 29.2 Å². The first-order valence-electron chi connectivity index (χ1n) is 15.8. The van der Waals surface area contributed by atoms with E-state index in [2.05, 4.69) is 10.1 Å². The summed E-state index contributed by atoms with van der Waals surface area (Å²) in [7, 11) is 7.20. The predicted molar refractivity (Wildman–Crippen MR) is 176 cm³/mol. The normalized spacial score (nSPS) is 19.6. The number of hydrogen-bond acceptors (Lipinski definition) is 9. The van der Waals surface area contributed by atoms with Crippen LogP contribution in [0.5, 0.6) is 0 Å². The van der Waals surface area contributed by atoms with E-state index in [4.69, 9.17) is 24.3 Å². The smallest absolute Gasteiger partial charge is 0.410 e. The Balaban J connectivity index is 1.56. The zero-order chi connectivity index (χ0) is 33.1. The topological polar surface area (TPSA) is 137 Å². The number of aromatic nitrogens is 3. The largest absolute Gasteiger partial charge is 0.453 e. The number of nitrogens with one attached hydrogen (secondary N) is 1. The van der Waals surface area contributed by atoms with Crippen molar-refractivity contribution in [3.05, 3.63) is 23.5 Å². The van der Waals surface area contributed by atoms with Gasteiger partial charge in [-0.05, 0) is 71.3 Å². The molecule has 2 aromatic rings. The van der Waals surface area contributed by atoms with Crippen LogP contribution in [0, 0.1) is 6.92 Å². The molecule has 0 bridgehead atoms. The third-order valence-electron chi connectivity index (χ3n) is 7.68. The van der Waals surface area contributed by atoms with Gasteiger partial charge in [-0.3, -0.25) is 9.69 Å². The summed E-state index contributed by atoms with van der Waals surface area (Å²) >= 11 is 0. The van der Waals surface area contributed by atoms with Crippen LogP contribution in [0.2, 0.25) is 0 Å². The standard InChI is InChI=1S/C29H47B3N6O7/c1-17-8-11-21-23(35-37(24(21)34-17)13-7-12-33-26(40)42-6)18(2)38(19-9-10-19)25(39)22-14-36(27(41)45-28(3,4)5)20(15-43-22)16-44-29(30,31)32/h8,11,18-20,22H,7,9-10,12-16,30-32H2,1-6H3,(H,33,40)/t18-,20-,22-/m1/s1. The van der Waals surface area contributed by atoms with Crippen molar-refractivity contribution in [2.75, 3.05) is 33.4 Å². The van der Waals surface area contributed by atoms with Gasteiger partial charge in [-0.1, -0.05) is 0 Å². The molecule has 4 rings (SSSR count). The van der Waals surface area contributed by atoms with E-state index < -0.39 is 35.2 Å². The van der Waals surface area contributed by atoms with Crippen molar-refractivity contribution in [1.82, 2.24) is 29.9 Å². The molecule has 16 heteroatoms. The molecule has 3 atom stereocenters. The minimum atomic E-state index is -0.857. The lowest BCUT2D eigenvalue weighted by Gasteiger charge is -2.42. The lowest BCUT2D eigenvalue weighted by molar-refractivity contribution is -0.157. The summed E-state index contributed by atoms with van der Waals surface area (Å²) in [6.07, 6.45) is 0.558. The summed E-state index contributed by atoms with van der Waals surface area (Å²) < 4.78 is 24.4. The first kappa shape index (κ1) is 34.6. The van der Waals surface area contributed by atoms with Crippen LogP contribution >= 0.6 is 0 Å². The van der Waals surface area contributed by atoms with E-state index in [1.54, 1.807) is 4.90 Å². The molecule has 2 aromatic heterocycles. The van der Waals surface area contributed by atoms with E-state index in [1.807, 2.05) is 79.9 Å². The number of carbonyl (C=O) groups excluding carboxylic acids is 3. The average Bonchev–Trinajstić information content (AvgIpc) is 3.73. The Morgan fingerprint density at radius 3 is 2.53 bits per heavy atom. The molecule has 1 N–H and O–H groups in total. The van der Waals surface area contributed by atoms with Crippen LogP contribution < -0.4 is 5.32 Å². The number of pyridine rings is 1. The SMILES string of the molecule is BC(B)(B)OC[C@H]1CO[C@@H](C(=O)N(C2CC2)[C@H](C)c2nn(CCCNC(=O)OC)c3nc(C)ccc23)CN1C(=O)OC(C)(C)C. The highest BCUT2D eigenvalue weighted by Crippen LogP contribution is 2.37. The van der Waals surface area contributed by atoms with Gasteiger partial charge in [0, 0.05) is 30.2 Å². The van der Waals surface area contributed by atoms with Gasteiger partial charge in [-0.15, -0.1) is 0 Å². The van der Waals surface area contributed by atoms with Crippen LogP contribution in [0.3, 0.4) is 0 Å². The molecule has 0 spiro atoms. The molecule has 2 fully saturated rings. The maximum atomic E-state index is 14.3. The number of carbonyl (C=O) groups is 3. The molecule has 1 saturated carbocycles. The number of morpholine rings is 1. The fourth-order valence-electron chi connectivity index (χ4n) is 5.34. The molecule has 1 saturated heterocycles. The summed E-state index contributed by atoms with van der Waals surface area (Å²) in [4.78, 5) is 47.3. The van der Waals surface area contributed by atoms with Gasteiger partial charge in [-0.25, -0.2) is 19.3 Å². The summed E-state index contributed by atoms with van der Waals surface area (Å²) in [5, 5.41) is 8.10. The van der Waals surface area contributed by atoms with Gasteiger partial charge in [0.15, 0.2) is 11.8 Å². The fourth-order valence-corrected chi connectivity index (χ4v) is 5.34. The molecule has 3 amide bonds. The number of methoxy groups -OCH3 is 1. The Bertz CT molecular complexity index is 1370. The summed E-state index contributed by atoms with van der Waals surface area (Å²) in [6, 6.07) is 3.23. The van der Waals surface area contributed by atoms with Gasteiger partial charge in [-0.2, -0.15) is 5.10 Å². The van der Waals surface area contributed by atoms with Crippen molar-refractivity contribution < 1.29 is 33.3 Å². The number of hydrogen-bond donors (Lipinski definition) is 1. The van der Waals surface area contributed by atoms with Crippen molar-refractivity contribution in [3.8, 4) is 0 Å². The zero-order valence-electron chi connectivity index (χ0n) is 28.2. The van der Waals surface area contributed by atoms with Gasteiger partial charge in [0.2, 0.25) is 0 Å². The monoisotopic (exact) mass is 624 g/mol. The Kier molecular flexibility index (Phi) is 10.8. The molecule has 1 aliphatic heterocycles. The van der Waals surface area contributed by atoms with Crippen molar-refractivity contribution in [3.63, 3.8) is 0 Å². The number of ether oxygens (including phenoxy) is 4. The minimum absolute atomic E-state index is 0.0517. The van der Waals surface area contributed by atoms with Crippen LogP contribution in [0.1, 0.15) is 64.4 Å². The average molecular weight is 624 g/mol. The van der Waals surface area contributed by atoms with E-state index in [0.29, 0.717) is 19.5 Å².